The summed E-state index contributed by atoms with van der Waals surface area (Å²) in [6.45, 7) is 3.84. The molecule has 1 rings (SSSR count). The van der Waals surface area contributed by atoms with Crippen molar-refractivity contribution < 1.29 is 18.4 Å². The Hall–Kier alpha value is 0.0348. The van der Waals surface area contributed by atoms with E-state index in [-0.39, 0.29) is 21.5 Å². The highest BCUT2D eigenvalue weighted by molar-refractivity contribution is 6.57. The summed E-state index contributed by atoms with van der Waals surface area (Å²) >= 11 is 0. The molecule has 0 unspecified atom stereocenters. The van der Waals surface area contributed by atoms with Gasteiger partial charge in [-0.1, -0.05) is 0 Å². The van der Waals surface area contributed by atoms with E-state index in [2.05, 4.69) is 0 Å². The molecule has 0 atom stereocenters. The molecule has 0 amide bonds. The molecule has 0 radical (unpaired) electrons. The second-order valence-electron chi connectivity index (χ2n) is 2.25. The van der Waals surface area contributed by atoms with E-state index in [1.165, 1.54) is 0 Å². The van der Waals surface area contributed by atoms with Crippen LogP contribution >= 0.6 is 0 Å². The van der Waals surface area contributed by atoms with Gasteiger partial charge in [0, 0.05) is 6.10 Å². The molecule has 1 aliphatic heterocycles. The highest BCUT2D eigenvalue weighted by Gasteiger charge is 2.26. The van der Waals surface area contributed by atoms with Crippen LogP contribution in [0.1, 0.15) is 13.8 Å². The molecular weight excluding hydrogens is 132 g/mol. The summed E-state index contributed by atoms with van der Waals surface area (Å²) in [5, 5.41) is 0. The molecule has 10 heavy (non-hydrogen) atoms. The molecule has 54 valence electrons. The Morgan fingerprint density at radius 1 is 1.30 bits per heavy atom. The molecule has 0 aromatic rings. The largest absolute Gasteiger partial charge is 0.611 e. The first kappa shape index (κ1) is 8.13. The lowest BCUT2D eigenvalue weighted by molar-refractivity contribution is 0.135. The summed E-state index contributed by atoms with van der Waals surface area (Å²) in [5.74, 6) is 0. The second kappa shape index (κ2) is 4.03. The first-order valence-electron chi connectivity index (χ1n) is 3.25. The Morgan fingerprint density at radius 3 is 2.40 bits per heavy atom. The summed E-state index contributed by atoms with van der Waals surface area (Å²) in [4.78, 5) is 0. The maximum atomic E-state index is 5.17. The van der Waals surface area contributed by atoms with Gasteiger partial charge in [-0.05, 0) is 13.8 Å². The molecule has 1 aliphatic rings. The zero-order valence-electron chi connectivity index (χ0n) is 6.20. The molecule has 1 heterocycles. The fourth-order valence-electron chi connectivity index (χ4n) is 0.590. The minimum absolute atomic E-state index is 0.114. The van der Waals surface area contributed by atoms with Crippen molar-refractivity contribution in [1.82, 2.24) is 0 Å². The molecular formula is C3H9B3O4. The van der Waals surface area contributed by atoms with Crippen molar-refractivity contribution in [2.45, 2.75) is 20.0 Å². The zero-order chi connectivity index (χ0) is 7.40. The monoisotopic (exact) mass is 142 g/mol. The molecule has 0 saturated carbocycles. The van der Waals surface area contributed by atoms with Crippen LogP contribution in [-0.4, -0.2) is 28.8 Å². The highest BCUT2D eigenvalue weighted by atomic mass is 16.8. The van der Waals surface area contributed by atoms with Gasteiger partial charge >= 0.3 is 22.7 Å². The quantitative estimate of drug-likeness (QED) is 0.462. The average molecular weight is 142 g/mol. The normalized spacial score (nSPS) is 18.5. The Morgan fingerprint density at radius 2 is 1.90 bits per heavy atom. The average Bonchev–Trinajstić information content (AvgIpc) is 1.88. The molecule has 0 spiro atoms. The topological polar surface area (TPSA) is 36.9 Å². The summed E-state index contributed by atoms with van der Waals surface area (Å²) in [6.07, 6.45) is 0.114. The molecule has 0 bridgehead atoms. The van der Waals surface area contributed by atoms with Crippen LogP contribution in [-0.2, 0) is 18.4 Å². The van der Waals surface area contributed by atoms with E-state index in [1.807, 2.05) is 13.8 Å². The number of hydrogen-bond donors (Lipinski definition) is 0. The van der Waals surface area contributed by atoms with E-state index in [0.717, 1.165) is 0 Å². The highest BCUT2D eigenvalue weighted by Crippen LogP contribution is 1.99. The second-order valence-corrected chi connectivity index (χ2v) is 2.25. The lowest BCUT2D eigenvalue weighted by Gasteiger charge is -2.19. The van der Waals surface area contributed by atoms with Crippen molar-refractivity contribution in [3.05, 3.63) is 0 Å². The lowest BCUT2D eigenvalue weighted by atomic mass is 10.1. The smallest absolute Gasteiger partial charge is 0.458 e. The Kier molecular flexibility index (Phi) is 3.28. The van der Waals surface area contributed by atoms with E-state index in [9.17, 15) is 0 Å². The van der Waals surface area contributed by atoms with Gasteiger partial charge in [-0.2, -0.15) is 0 Å². The molecule has 7 heteroatoms. The van der Waals surface area contributed by atoms with Crippen LogP contribution in [0, 0.1) is 0 Å². The van der Waals surface area contributed by atoms with Gasteiger partial charge < -0.3 is 18.4 Å². The number of rotatable bonds is 2. The molecule has 0 N–H and O–H groups in total. The Labute approximate surface area is 62.0 Å². The van der Waals surface area contributed by atoms with Gasteiger partial charge in [0.15, 0.2) is 0 Å². The van der Waals surface area contributed by atoms with Gasteiger partial charge in [0.1, 0.15) is 0 Å². The van der Waals surface area contributed by atoms with Crippen LogP contribution in [0.3, 0.4) is 0 Å². The lowest BCUT2D eigenvalue weighted by Crippen LogP contribution is -2.39. The maximum Gasteiger partial charge on any atom is 0.611 e. The molecule has 4 nitrogen and oxygen atoms in total. The first-order chi connectivity index (χ1) is 4.79. The van der Waals surface area contributed by atoms with Gasteiger partial charge in [-0.15, -0.1) is 0 Å². The Balaban J connectivity index is 2.13. The van der Waals surface area contributed by atoms with Gasteiger partial charge in [-0.3, -0.25) is 0 Å². The summed E-state index contributed by atoms with van der Waals surface area (Å²) in [7, 11) is -0.0526. The third-order valence-corrected chi connectivity index (χ3v) is 0.958. The van der Waals surface area contributed by atoms with Crippen LogP contribution in [0.15, 0.2) is 0 Å². The van der Waals surface area contributed by atoms with Crippen molar-refractivity contribution in [2.24, 2.45) is 0 Å². The van der Waals surface area contributed by atoms with Gasteiger partial charge in [-0.25, -0.2) is 0 Å². The predicted molar refractivity (Wildman–Crippen MR) is 39.5 cm³/mol. The van der Waals surface area contributed by atoms with E-state index in [1.54, 1.807) is 0 Å². The van der Waals surface area contributed by atoms with Crippen LogP contribution in [0.5, 0.6) is 0 Å². The van der Waals surface area contributed by atoms with Gasteiger partial charge in [0.2, 0.25) is 0 Å². The van der Waals surface area contributed by atoms with E-state index in [4.69, 9.17) is 18.4 Å². The van der Waals surface area contributed by atoms with Crippen LogP contribution in [0.25, 0.3) is 0 Å². The Bertz CT molecular complexity index is 93.7. The van der Waals surface area contributed by atoms with Crippen LogP contribution < -0.4 is 0 Å². The predicted octanol–water partition coefficient (Wildman–Crippen LogP) is -1.01. The molecule has 0 aromatic heterocycles. The summed E-state index contributed by atoms with van der Waals surface area (Å²) in [6, 6.07) is 0. The molecule has 0 aliphatic carbocycles. The fraction of sp³-hybridized carbons (Fsp3) is 1.00. The van der Waals surface area contributed by atoms with Crippen molar-refractivity contribution in [3.63, 3.8) is 0 Å². The van der Waals surface area contributed by atoms with Crippen molar-refractivity contribution in [3.8, 4) is 0 Å². The van der Waals surface area contributed by atoms with Crippen molar-refractivity contribution >= 4 is 22.7 Å². The minimum Gasteiger partial charge on any atom is -0.458 e. The summed E-state index contributed by atoms with van der Waals surface area (Å²) in [5.41, 5.74) is 0. The minimum atomic E-state index is -0.547. The van der Waals surface area contributed by atoms with Crippen molar-refractivity contribution in [1.29, 1.82) is 0 Å². The molecule has 1 fully saturated rings. The van der Waals surface area contributed by atoms with E-state index >= 15 is 0 Å². The van der Waals surface area contributed by atoms with Gasteiger partial charge in [0.25, 0.3) is 0 Å². The maximum absolute atomic E-state index is 5.17. The van der Waals surface area contributed by atoms with E-state index in [0.29, 0.717) is 0 Å². The fourth-order valence-corrected chi connectivity index (χ4v) is 0.590. The first-order valence-corrected chi connectivity index (χ1v) is 3.25. The van der Waals surface area contributed by atoms with Gasteiger partial charge in [0.05, 0.1) is 0 Å². The molecule has 0 aromatic carbocycles. The standard InChI is InChI=1S/C3H9B3O4/c1-3(2)7-6-9-4-8-5-10-6/h3-5H,1-2H3. The third-order valence-electron chi connectivity index (χ3n) is 0.958. The van der Waals surface area contributed by atoms with Crippen molar-refractivity contribution in [2.75, 3.05) is 0 Å². The zero-order valence-corrected chi connectivity index (χ0v) is 6.20. The number of hydrogen-bond acceptors (Lipinski definition) is 4. The van der Waals surface area contributed by atoms with E-state index < -0.39 is 7.32 Å². The SMILES string of the molecule is CC(C)OB1OBOBO1. The third kappa shape index (κ3) is 2.75. The molecule has 1 saturated heterocycles. The van der Waals surface area contributed by atoms with Crippen LogP contribution in [0.2, 0.25) is 0 Å². The van der Waals surface area contributed by atoms with Crippen LogP contribution in [0.4, 0.5) is 0 Å². The summed E-state index contributed by atoms with van der Waals surface area (Å²) < 4.78 is 19.8.